The van der Waals surface area contributed by atoms with E-state index >= 15 is 0 Å². The SMILES string of the molecule is Cc1cccc(OCC(=O)Nc2ccc(C(=O)O)c(O)c2)c1. The molecule has 0 aromatic heterocycles. The van der Waals surface area contributed by atoms with Crippen molar-refractivity contribution < 1.29 is 24.5 Å². The van der Waals surface area contributed by atoms with Gasteiger partial charge in [0.05, 0.1) is 0 Å². The van der Waals surface area contributed by atoms with Crippen LogP contribution in [0.5, 0.6) is 11.5 Å². The number of hydrogen-bond donors (Lipinski definition) is 3. The molecule has 0 heterocycles. The van der Waals surface area contributed by atoms with Gasteiger partial charge in [0, 0.05) is 11.8 Å². The lowest BCUT2D eigenvalue weighted by atomic mass is 10.2. The summed E-state index contributed by atoms with van der Waals surface area (Å²) in [6, 6.07) is 11.1. The van der Waals surface area contributed by atoms with Crippen LogP contribution in [0.1, 0.15) is 15.9 Å². The maximum atomic E-state index is 11.8. The van der Waals surface area contributed by atoms with E-state index in [2.05, 4.69) is 5.32 Å². The minimum atomic E-state index is -1.24. The maximum absolute atomic E-state index is 11.8. The molecule has 2 aromatic rings. The fraction of sp³-hybridized carbons (Fsp3) is 0.125. The minimum absolute atomic E-state index is 0.190. The molecule has 0 saturated heterocycles. The van der Waals surface area contributed by atoms with E-state index in [1.54, 1.807) is 12.1 Å². The topological polar surface area (TPSA) is 95.9 Å². The van der Waals surface area contributed by atoms with E-state index < -0.39 is 17.6 Å². The molecule has 114 valence electrons. The Morgan fingerprint density at radius 3 is 2.59 bits per heavy atom. The Labute approximate surface area is 127 Å². The first-order valence-electron chi connectivity index (χ1n) is 6.51. The van der Waals surface area contributed by atoms with E-state index in [9.17, 15) is 14.7 Å². The summed E-state index contributed by atoms with van der Waals surface area (Å²) >= 11 is 0. The van der Waals surface area contributed by atoms with Crippen LogP contribution in [0, 0.1) is 6.92 Å². The van der Waals surface area contributed by atoms with Gasteiger partial charge in [0.25, 0.3) is 5.91 Å². The fourth-order valence-corrected chi connectivity index (χ4v) is 1.84. The normalized spacial score (nSPS) is 10.0. The highest BCUT2D eigenvalue weighted by atomic mass is 16.5. The summed E-state index contributed by atoms with van der Waals surface area (Å²) in [4.78, 5) is 22.5. The predicted molar refractivity (Wildman–Crippen MR) is 80.4 cm³/mol. The van der Waals surface area contributed by atoms with Crippen molar-refractivity contribution >= 4 is 17.6 Å². The van der Waals surface area contributed by atoms with Gasteiger partial charge in [-0.3, -0.25) is 4.79 Å². The van der Waals surface area contributed by atoms with Gasteiger partial charge in [0.15, 0.2) is 6.61 Å². The average Bonchev–Trinajstić information content (AvgIpc) is 2.45. The first-order valence-corrected chi connectivity index (χ1v) is 6.51. The first kappa shape index (κ1) is 15.4. The van der Waals surface area contributed by atoms with Gasteiger partial charge in [-0.25, -0.2) is 4.79 Å². The molecular formula is C16H15NO5. The highest BCUT2D eigenvalue weighted by molar-refractivity contribution is 5.95. The molecule has 6 heteroatoms. The standard InChI is InChI=1S/C16H15NO5/c1-10-3-2-4-12(7-10)22-9-15(19)17-11-5-6-13(16(20)21)14(18)8-11/h2-8,18H,9H2,1H3,(H,17,19)(H,20,21). The summed E-state index contributed by atoms with van der Waals surface area (Å²) < 4.78 is 5.34. The second-order valence-corrected chi connectivity index (χ2v) is 4.69. The van der Waals surface area contributed by atoms with Crippen LogP contribution in [0.3, 0.4) is 0 Å². The van der Waals surface area contributed by atoms with Gasteiger partial charge in [-0.15, -0.1) is 0 Å². The number of benzene rings is 2. The second-order valence-electron chi connectivity index (χ2n) is 4.69. The molecule has 0 fully saturated rings. The van der Waals surface area contributed by atoms with Crippen molar-refractivity contribution in [1.82, 2.24) is 0 Å². The molecule has 0 aliphatic rings. The number of carboxylic acids is 1. The van der Waals surface area contributed by atoms with E-state index in [0.29, 0.717) is 11.4 Å². The summed E-state index contributed by atoms with van der Waals surface area (Å²) in [5.41, 5.74) is 1.08. The number of carbonyl (C=O) groups is 2. The van der Waals surface area contributed by atoms with E-state index in [-0.39, 0.29) is 12.2 Å². The molecule has 22 heavy (non-hydrogen) atoms. The average molecular weight is 301 g/mol. The van der Waals surface area contributed by atoms with Gasteiger partial charge < -0.3 is 20.3 Å². The van der Waals surface area contributed by atoms with E-state index in [0.717, 1.165) is 5.56 Å². The van der Waals surface area contributed by atoms with Crippen LogP contribution in [-0.2, 0) is 4.79 Å². The highest BCUT2D eigenvalue weighted by Gasteiger charge is 2.11. The molecule has 0 radical (unpaired) electrons. The molecular weight excluding hydrogens is 286 g/mol. The number of amides is 1. The summed E-state index contributed by atoms with van der Waals surface area (Å²) in [6.07, 6.45) is 0. The van der Waals surface area contributed by atoms with Crippen LogP contribution < -0.4 is 10.1 Å². The lowest BCUT2D eigenvalue weighted by Crippen LogP contribution is -2.20. The number of aromatic carboxylic acids is 1. The van der Waals surface area contributed by atoms with E-state index in [1.807, 2.05) is 19.1 Å². The number of aryl methyl sites for hydroxylation is 1. The monoisotopic (exact) mass is 301 g/mol. The number of nitrogens with one attached hydrogen (secondary N) is 1. The largest absolute Gasteiger partial charge is 0.507 e. The summed E-state index contributed by atoms with van der Waals surface area (Å²) in [5.74, 6) is -1.48. The number of phenols is 1. The molecule has 0 aliphatic heterocycles. The molecule has 2 aromatic carbocycles. The Kier molecular flexibility index (Phi) is 4.63. The second kappa shape index (κ2) is 6.62. The fourth-order valence-electron chi connectivity index (χ4n) is 1.84. The van der Waals surface area contributed by atoms with Crippen LogP contribution in [-0.4, -0.2) is 28.7 Å². The number of ether oxygens (including phenoxy) is 1. The number of anilines is 1. The molecule has 0 aliphatic carbocycles. The number of aromatic hydroxyl groups is 1. The summed E-state index contributed by atoms with van der Waals surface area (Å²) in [7, 11) is 0. The first-order chi connectivity index (χ1) is 10.5. The molecule has 6 nitrogen and oxygen atoms in total. The summed E-state index contributed by atoms with van der Waals surface area (Å²) in [6.45, 7) is 1.73. The lowest BCUT2D eigenvalue weighted by Gasteiger charge is -2.09. The third-order valence-electron chi connectivity index (χ3n) is 2.87. The van der Waals surface area contributed by atoms with Crippen molar-refractivity contribution in [3.8, 4) is 11.5 Å². The number of carboxylic acid groups (broad SMARTS) is 1. The lowest BCUT2D eigenvalue weighted by molar-refractivity contribution is -0.118. The zero-order chi connectivity index (χ0) is 16.1. The zero-order valence-electron chi connectivity index (χ0n) is 11.9. The predicted octanol–water partition coefficient (Wildman–Crippen LogP) is 2.42. The van der Waals surface area contributed by atoms with Crippen LogP contribution >= 0.6 is 0 Å². The van der Waals surface area contributed by atoms with Gasteiger partial charge >= 0.3 is 5.97 Å². The van der Waals surface area contributed by atoms with Crippen LogP contribution in [0.15, 0.2) is 42.5 Å². The van der Waals surface area contributed by atoms with E-state index in [4.69, 9.17) is 9.84 Å². The van der Waals surface area contributed by atoms with Crippen LogP contribution in [0.4, 0.5) is 5.69 Å². The molecule has 0 bridgehead atoms. The van der Waals surface area contributed by atoms with Crippen molar-refractivity contribution in [2.45, 2.75) is 6.92 Å². The van der Waals surface area contributed by atoms with Crippen molar-refractivity contribution in [2.24, 2.45) is 0 Å². The van der Waals surface area contributed by atoms with Crippen molar-refractivity contribution in [3.63, 3.8) is 0 Å². The van der Waals surface area contributed by atoms with Crippen LogP contribution in [0.25, 0.3) is 0 Å². The smallest absolute Gasteiger partial charge is 0.339 e. The third kappa shape index (κ3) is 3.99. The molecule has 0 atom stereocenters. The summed E-state index contributed by atoms with van der Waals surface area (Å²) in [5, 5.41) is 20.9. The molecule has 0 unspecified atom stereocenters. The minimum Gasteiger partial charge on any atom is -0.507 e. The Morgan fingerprint density at radius 1 is 1.18 bits per heavy atom. The van der Waals surface area contributed by atoms with E-state index in [1.165, 1.54) is 18.2 Å². The Bertz CT molecular complexity index is 711. The van der Waals surface area contributed by atoms with Crippen LogP contribution in [0.2, 0.25) is 0 Å². The molecule has 0 spiro atoms. The van der Waals surface area contributed by atoms with Crippen molar-refractivity contribution in [3.05, 3.63) is 53.6 Å². The van der Waals surface area contributed by atoms with Crippen molar-refractivity contribution in [1.29, 1.82) is 0 Å². The number of carbonyl (C=O) groups excluding carboxylic acids is 1. The molecule has 0 saturated carbocycles. The molecule has 3 N–H and O–H groups in total. The van der Waals surface area contributed by atoms with Gasteiger partial charge in [-0.1, -0.05) is 12.1 Å². The number of hydrogen-bond acceptors (Lipinski definition) is 4. The Hall–Kier alpha value is -3.02. The zero-order valence-corrected chi connectivity index (χ0v) is 11.9. The highest BCUT2D eigenvalue weighted by Crippen LogP contribution is 2.22. The molecule has 2 rings (SSSR count). The number of rotatable bonds is 5. The Balaban J connectivity index is 1.95. The molecule has 1 amide bonds. The quantitative estimate of drug-likeness (QED) is 0.788. The van der Waals surface area contributed by atoms with Crippen molar-refractivity contribution in [2.75, 3.05) is 11.9 Å². The maximum Gasteiger partial charge on any atom is 0.339 e. The van der Waals surface area contributed by atoms with Gasteiger partial charge in [-0.05, 0) is 36.8 Å². The Morgan fingerprint density at radius 2 is 1.95 bits per heavy atom. The van der Waals surface area contributed by atoms with Gasteiger partial charge in [-0.2, -0.15) is 0 Å². The third-order valence-corrected chi connectivity index (χ3v) is 2.87. The van der Waals surface area contributed by atoms with Gasteiger partial charge in [0.2, 0.25) is 0 Å². The van der Waals surface area contributed by atoms with Gasteiger partial charge in [0.1, 0.15) is 17.1 Å².